The van der Waals surface area contributed by atoms with E-state index in [0.717, 1.165) is 5.70 Å². The van der Waals surface area contributed by atoms with Gasteiger partial charge < -0.3 is 0 Å². The SMILES string of the molecule is C=C(C)N=CC(C)C. The zero-order chi connectivity index (χ0) is 6.57. The summed E-state index contributed by atoms with van der Waals surface area (Å²) >= 11 is 0. The topological polar surface area (TPSA) is 12.4 Å². The van der Waals surface area contributed by atoms with Crippen molar-refractivity contribution < 1.29 is 0 Å². The van der Waals surface area contributed by atoms with Crippen LogP contribution in [0.4, 0.5) is 0 Å². The molecule has 0 atom stereocenters. The number of rotatable bonds is 2. The van der Waals surface area contributed by atoms with Gasteiger partial charge in [-0.05, 0) is 12.8 Å². The van der Waals surface area contributed by atoms with Gasteiger partial charge in [0.25, 0.3) is 0 Å². The summed E-state index contributed by atoms with van der Waals surface area (Å²) in [6, 6.07) is 0. The zero-order valence-electron chi connectivity index (χ0n) is 5.81. The zero-order valence-corrected chi connectivity index (χ0v) is 5.81. The van der Waals surface area contributed by atoms with E-state index in [1.165, 1.54) is 0 Å². The Kier molecular flexibility index (Phi) is 3.16. The Morgan fingerprint density at radius 3 is 2.25 bits per heavy atom. The van der Waals surface area contributed by atoms with Crippen molar-refractivity contribution >= 4 is 6.21 Å². The van der Waals surface area contributed by atoms with Crippen LogP contribution in [0.1, 0.15) is 20.8 Å². The van der Waals surface area contributed by atoms with E-state index in [2.05, 4.69) is 25.4 Å². The largest absolute Gasteiger partial charge is 0.266 e. The molecule has 0 radical (unpaired) electrons. The second-order valence-corrected chi connectivity index (χ2v) is 2.26. The highest BCUT2D eigenvalue weighted by atomic mass is 14.7. The van der Waals surface area contributed by atoms with Crippen molar-refractivity contribution in [2.75, 3.05) is 0 Å². The third-order valence-electron chi connectivity index (χ3n) is 0.593. The summed E-state index contributed by atoms with van der Waals surface area (Å²) in [6.07, 6.45) is 1.89. The van der Waals surface area contributed by atoms with Crippen LogP contribution in [0.25, 0.3) is 0 Å². The Bertz CT molecular complexity index is 101. The van der Waals surface area contributed by atoms with Crippen LogP contribution in [-0.2, 0) is 0 Å². The Morgan fingerprint density at radius 2 is 2.12 bits per heavy atom. The van der Waals surface area contributed by atoms with Crippen molar-refractivity contribution in [1.82, 2.24) is 0 Å². The van der Waals surface area contributed by atoms with Crippen LogP contribution in [0.15, 0.2) is 17.3 Å². The van der Waals surface area contributed by atoms with Crippen LogP contribution in [0.2, 0.25) is 0 Å². The van der Waals surface area contributed by atoms with E-state index in [0.29, 0.717) is 5.92 Å². The quantitative estimate of drug-likeness (QED) is 0.484. The second kappa shape index (κ2) is 3.42. The van der Waals surface area contributed by atoms with Gasteiger partial charge in [0.2, 0.25) is 0 Å². The molecule has 46 valence electrons. The van der Waals surface area contributed by atoms with Gasteiger partial charge in [-0.25, -0.2) is 0 Å². The van der Waals surface area contributed by atoms with Crippen molar-refractivity contribution in [2.45, 2.75) is 20.8 Å². The van der Waals surface area contributed by atoms with Crippen LogP contribution >= 0.6 is 0 Å². The van der Waals surface area contributed by atoms with Crippen molar-refractivity contribution in [1.29, 1.82) is 0 Å². The van der Waals surface area contributed by atoms with Gasteiger partial charge >= 0.3 is 0 Å². The number of hydrogen-bond acceptors (Lipinski definition) is 1. The third-order valence-corrected chi connectivity index (χ3v) is 0.593. The van der Waals surface area contributed by atoms with Gasteiger partial charge in [-0.2, -0.15) is 0 Å². The van der Waals surface area contributed by atoms with Crippen LogP contribution < -0.4 is 0 Å². The molecule has 0 aliphatic rings. The van der Waals surface area contributed by atoms with E-state index < -0.39 is 0 Å². The van der Waals surface area contributed by atoms with Gasteiger partial charge in [0.1, 0.15) is 0 Å². The summed E-state index contributed by atoms with van der Waals surface area (Å²) in [4.78, 5) is 4.00. The Balaban J connectivity index is 3.50. The van der Waals surface area contributed by atoms with Crippen LogP contribution in [0.5, 0.6) is 0 Å². The molecule has 0 unspecified atom stereocenters. The predicted molar refractivity (Wildman–Crippen MR) is 38.1 cm³/mol. The number of hydrogen-bond donors (Lipinski definition) is 0. The summed E-state index contributed by atoms with van der Waals surface area (Å²) in [5.74, 6) is 0.534. The standard InChI is InChI=1S/C7H13N/c1-6(2)5-8-7(3)4/h5-6H,3H2,1-2,4H3. The normalized spacial score (nSPS) is 11.0. The Morgan fingerprint density at radius 1 is 1.62 bits per heavy atom. The number of nitrogens with zero attached hydrogens (tertiary/aromatic N) is 1. The first-order valence-corrected chi connectivity index (χ1v) is 2.82. The molecule has 0 saturated carbocycles. The minimum atomic E-state index is 0.534. The van der Waals surface area contributed by atoms with E-state index in [9.17, 15) is 0 Å². The molecule has 0 spiro atoms. The van der Waals surface area contributed by atoms with Gasteiger partial charge in [-0.3, -0.25) is 4.99 Å². The minimum Gasteiger partial charge on any atom is -0.266 e. The lowest BCUT2D eigenvalue weighted by atomic mass is 10.2. The maximum Gasteiger partial charge on any atom is 0.0297 e. The highest BCUT2D eigenvalue weighted by molar-refractivity contribution is 5.60. The first-order valence-electron chi connectivity index (χ1n) is 2.82. The molecular weight excluding hydrogens is 98.1 g/mol. The predicted octanol–water partition coefficient (Wildman–Crippen LogP) is 2.25. The lowest BCUT2D eigenvalue weighted by Crippen LogP contribution is -1.85. The molecule has 0 N–H and O–H groups in total. The molecule has 0 bridgehead atoms. The maximum absolute atomic E-state index is 4.00. The first-order chi connectivity index (χ1) is 3.63. The molecule has 8 heavy (non-hydrogen) atoms. The first kappa shape index (κ1) is 7.41. The van der Waals surface area contributed by atoms with E-state index in [1.54, 1.807) is 0 Å². The fourth-order valence-electron chi connectivity index (χ4n) is 0.276. The highest BCUT2D eigenvalue weighted by Gasteiger charge is 1.82. The molecule has 0 aromatic rings. The maximum atomic E-state index is 4.00. The average molecular weight is 111 g/mol. The molecule has 1 nitrogen and oxygen atoms in total. The number of aliphatic imine (C=N–C) groups is 1. The Hall–Kier alpha value is -0.590. The summed E-state index contributed by atoms with van der Waals surface area (Å²) < 4.78 is 0. The molecule has 0 heterocycles. The smallest absolute Gasteiger partial charge is 0.0297 e. The van der Waals surface area contributed by atoms with E-state index in [4.69, 9.17) is 0 Å². The lowest BCUT2D eigenvalue weighted by molar-refractivity contribution is 0.904. The monoisotopic (exact) mass is 111 g/mol. The average Bonchev–Trinajstić information content (AvgIpc) is 1.61. The fraction of sp³-hybridized carbons (Fsp3) is 0.571. The molecule has 0 aliphatic carbocycles. The molecule has 0 amide bonds. The van der Waals surface area contributed by atoms with E-state index in [1.807, 2.05) is 13.1 Å². The molecule has 0 aromatic heterocycles. The molecular formula is C7H13N. The minimum absolute atomic E-state index is 0.534. The van der Waals surface area contributed by atoms with Crippen LogP contribution in [-0.4, -0.2) is 6.21 Å². The summed E-state index contributed by atoms with van der Waals surface area (Å²) in [7, 11) is 0. The number of allylic oxidation sites excluding steroid dienone is 1. The highest BCUT2D eigenvalue weighted by Crippen LogP contribution is 1.90. The van der Waals surface area contributed by atoms with Crippen molar-refractivity contribution in [2.24, 2.45) is 10.9 Å². The van der Waals surface area contributed by atoms with Crippen LogP contribution in [0, 0.1) is 5.92 Å². The molecule has 0 aliphatic heterocycles. The molecule has 0 fully saturated rings. The molecule has 0 aromatic carbocycles. The van der Waals surface area contributed by atoms with Crippen molar-refractivity contribution in [3.8, 4) is 0 Å². The van der Waals surface area contributed by atoms with Gasteiger partial charge in [-0.15, -0.1) is 0 Å². The summed E-state index contributed by atoms with van der Waals surface area (Å²) in [6.45, 7) is 9.70. The lowest BCUT2D eigenvalue weighted by Gasteiger charge is -1.90. The molecule has 0 rings (SSSR count). The van der Waals surface area contributed by atoms with Gasteiger partial charge in [0.05, 0.1) is 0 Å². The second-order valence-electron chi connectivity index (χ2n) is 2.26. The van der Waals surface area contributed by atoms with Gasteiger partial charge in [0.15, 0.2) is 0 Å². The van der Waals surface area contributed by atoms with Crippen molar-refractivity contribution in [3.63, 3.8) is 0 Å². The fourth-order valence-corrected chi connectivity index (χ4v) is 0.276. The Labute approximate surface area is 51.1 Å². The molecule has 1 heteroatoms. The summed E-state index contributed by atoms with van der Waals surface area (Å²) in [5.41, 5.74) is 0.874. The van der Waals surface area contributed by atoms with Crippen LogP contribution in [0.3, 0.4) is 0 Å². The van der Waals surface area contributed by atoms with E-state index >= 15 is 0 Å². The van der Waals surface area contributed by atoms with Crippen molar-refractivity contribution in [3.05, 3.63) is 12.3 Å². The van der Waals surface area contributed by atoms with Gasteiger partial charge in [0, 0.05) is 11.9 Å². The van der Waals surface area contributed by atoms with Gasteiger partial charge in [-0.1, -0.05) is 20.4 Å². The molecule has 0 saturated heterocycles. The third kappa shape index (κ3) is 5.41. The van der Waals surface area contributed by atoms with E-state index in [-0.39, 0.29) is 0 Å². The summed E-state index contributed by atoms with van der Waals surface area (Å²) in [5, 5.41) is 0.